The van der Waals surface area contributed by atoms with Gasteiger partial charge in [-0.15, -0.1) is 5.10 Å². The van der Waals surface area contributed by atoms with Crippen LogP contribution in [0.1, 0.15) is 25.0 Å². The summed E-state index contributed by atoms with van der Waals surface area (Å²) in [7, 11) is 0. The number of rotatable bonds is 5. The van der Waals surface area contributed by atoms with Crippen molar-refractivity contribution in [2.24, 2.45) is 10.2 Å². The summed E-state index contributed by atoms with van der Waals surface area (Å²) in [6, 6.07) is 30.3. The fourth-order valence-electron chi connectivity index (χ4n) is 4.98. The van der Waals surface area contributed by atoms with Gasteiger partial charge in [0.05, 0.1) is 27.8 Å². The van der Waals surface area contributed by atoms with Gasteiger partial charge in [-0.3, -0.25) is 4.79 Å². The number of carbonyl (C=O) groups excluding carboxylic acids is 1. The Bertz CT molecular complexity index is 1760. The van der Waals surface area contributed by atoms with Gasteiger partial charge >= 0.3 is 0 Å². The molecule has 6 rings (SSSR count). The maximum Gasteiger partial charge on any atom is 0.206 e. The van der Waals surface area contributed by atoms with E-state index in [2.05, 4.69) is 63.8 Å². The predicted molar refractivity (Wildman–Crippen MR) is 154 cm³/mol. The van der Waals surface area contributed by atoms with Crippen LogP contribution in [0.5, 0.6) is 0 Å². The summed E-state index contributed by atoms with van der Waals surface area (Å²) in [6.45, 7) is 6.18. The van der Waals surface area contributed by atoms with Crippen molar-refractivity contribution >= 4 is 34.3 Å². The summed E-state index contributed by atoms with van der Waals surface area (Å²) in [5, 5.41) is 9.56. The van der Waals surface area contributed by atoms with Crippen molar-refractivity contribution in [3.8, 4) is 17.1 Å². The van der Waals surface area contributed by atoms with Gasteiger partial charge in [-0.2, -0.15) is 5.10 Å². The van der Waals surface area contributed by atoms with Crippen LogP contribution in [0, 0.1) is 0 Å². The van der Waals surface area contributed by atoms with Crippen LogP contribution < -0.4 is 10.3 Å². The Morgan fingerprint density at radius 3 is 2.42 bits per heavy atom. The Morgan fingerprint density at radius 2 is 1.61 bits per heavy atom. The molecule has 0 bridgehead atoms. The number of nitrogens with zero attached hydrogens (tertiary/aromatic N) is 5. The SMILES string of the molecule is CCN(CC)c1ccc2nc3cc/c(=N\N=C4/C(=O)C=Cc5ccccc54)cc-3n(-c3ccccc3)c2c1. The molecule has 0 saturated carbocycles. The van der Waals surface area contributed by atoms with Gasteiger partial charge in [-0.05, 0) is 74.0 Å². The van der Waals surface area contributed by atoms with Crippen LogP contribution >= 0.6 is 0 Å². The number of fused-ring (bicyclic) bond motifs is 3. The zero-order chi connectivity index (χ0) is 26.1. The van der Waals surface area contributed by atoms with Crippen LogP contribution in [0.4, 0.5) is 5.69 Å². The molecule has 38 heavy (non-hydrogen) atoms. The van der Waals surface area contributed by atoms with Gasteiger partial charge in [0.15, 0.2) is 0 Å². The first-order valence-corrected chi connectivity index (χ1v) is 12.9. The lowest BCUT2D eigenvalue weighted by atomic mass is 9.95. The number of allylic oxidation sites excluding steroid dienone is 1. The van der Waals surface area contributed by atoms with Gasteiger partial charge in [-0.1, -0.05) is 48.5 Å². The summed E-state index contributed by atoms with van der Waals surface area (Å²) in [4.78, 5) is 19.9. The van der Waals surface area contributed by atoms with Crippen LogP contribution in [-0.2, 0) is 4.79 Å². The smallest absolute Gasteiger partial charge is 0.206 e. The van der Waals surface area contributed by atoms with E-state index in [1.165, 1.54) is 0 Å². The van der Waals surface area contributed by atoms with Crippen molar-refractivity contribution in [2.75, 3.05) is 18.0 Å². The molecule has 0 aromatic heterocycles. The van der Waals surface area contributed by atoms with E-state index in [9.17, 15) is 4.79 Å². The molecule has 186 valence electrons. The number of carbonyl (C=O) groups is 1. The standard InChI is InChI=1S/C32H27N5O/c1-3-36(4-2)25-16-18-28-30(21-25)37(24-11-6-5-7-12-24)29-20-23(15-17-27(29)33-28)34-35-32-26-13-9-8-10-22(26)14-19-31(32)38/h5-21H,3-4H2,1-2H3/b34-23+,35-32-. The van der Waals surface area contributed by atoms with Crippen molar-refractivity contribution in [1.82, 2.24) is 9.55 Å². The summed E-state index contributed by atoms with van der Waals surface area (Å²) >= 11 is 0. The quantitative estimate of drug-likeness (QED) is 0.225. The van der Waals surface area contributed by atoms with E-state index in [-0.39, 0.29) is 5.78 Å². The second-order valence-electron chi connectivity index (χ2n) is 9.13. The molecular weight excluding hydrogens is 470 g/mol. The highest BCUT2D eigenvalue weighted by molar-refractivity contribution is 6.52. The fourth-order valence-corrected chi connectivity index (χ4v) is 4.98. The first-order chi connectivity index (χ1) is 18.7. The second-order valence-corrected chi connectivity index (χ2v) is 9.13. The minimum absolute atomic E-state index is 0.149. The molecule has 3 aromatic rings. The molecule has 1 heterocycles. The third kappa shape index (κ3) is 4.20. The Labute approximate surface area is 221 Å². The summed E-state index contributed by atoms with van der Waals surface area (Å²) in [5.74, 6) is -0.149. The number of ketones is 1. The van der Waals surface area contributed by atoms with Crippen LogP contribution in [0.15, 0.2) is 107 Å². The van der Waals surface area contributed by atoms with E-state index < -0.39 is 0 Å². The minimum atomic E-state index is -0.149. The van der Waals surface area contributed by atoms with Gasteiger partial charge in [0.25, 0.3) is 0 Å². The molecule has 0 atom stereocenters. The number of benzene rings is 4. The fraction of sp³-hybridized carbons (Fsp3) is 0.125. The highest BCUT2D eigenvalue weighted by atomic mass is 16.1. The molecular formula is C32H27N5O. The molecule has 0 radical (unpaired) electrons. The first-order valence-electron chi connectivity index (χ1n) is 12.9. The van der Waals surface area contributed by atoms with E-state index in [1.807, 2.05) is 66.7 Å². The summed E-state index contributed by atoms with van der Waals surface area (Å²) in [5.41, 5.74) is 7.98. The van der Waals surface area contributed by atoms with Crippen LogP contribution in [0.3, 0.4) is 0 Å². The monoisotopic (exact) mass is 497 g/mol. The van der Waals surface area contributed by atoms with Crippen molar-refractivity contribution in [1.29, 1.82) is 0 Å². The predicted octanol–water partition coefficient (Wildman–Crippen LogP) is 5.88. The number of anilines is 1. The van der Waals surface area contributed by atoms with Crippen molar-refractivity contribution < 1.29 is 4.79 Å². The van der Waals surface area contributed by atoms with Crippen molar-refractivity contribution in [3.05, 3.63) is 114 Å². The molecule has 3 aromatic carbocycles. The van der Waals surface area contributed by atoms with Crippen LogP contribution in [0.25, 0.3) is 34.2 Å². The lowest BCUT2D eigenvalue weighted by Crippen LogP contribution is -2.22. The molecule has 0 amide bonds. The lowest BCUT2D eigenvalue weighted by Gasteiger charge is -2.23. The number of hydrogen-bond donors (Lipinski definition) is 0. The Balaban J connectivity index is 1.58. The zero-order valence-corrected chi connectivity index (χ0v) is 21.4. The maximum atomic E-state index is 12.6. The third-order valence-electron chi connectivity index (χ3n) is 6.91. The Morgan fingerprint density at radius 1 is 0.816 bits per heavy atom. The number of hydrogen-bond acceptors (Lipinski definition) is 5. The maximum absolute atomic E-state index is 12.6. The molecule has 6 nitrogen and oxygen atoms in total. The summed E-state index contributed by atoms with van der Waals surface area (Å²) in [6.07, 6.45) is 3.36. The van der Waals surface area contributed by atoms with E-state index in [4.69, 9.17) is 4.98 Å². The number of aromatic nitrogens is 2. The average Bonchev–Trinajstić information content (AvgIpc) is 2.96. The highest BCUT2D eigenvalue weighted by Gasteiger charge is 2.19. The molecule has 6 heteroatoms. The van der Waals surface area contributed by atoms with Crippen molar-refractivity contribution in [2.45, 2.75) is 13.8 Å². The van der Waals surface area contributed by atoms with E-state index >= 15 is 0 Å². The number of para-hydroxylation sites is 1. The van der Waals surface area contributed by atoms with Gasteiger partial charge in [-0.25, -0.2) is 4.98 Å². The molecule has 0 spiro atoms. The van der Waals surface area contributed by atoms with Gasteiger partial charge in [0.2, 0.25) is 5.78 Å². The highest BCUT2D eigenvalue weighted by Crippen LogP contribution is 2.30. The largest absolute Gasteiger partial charge is 0.372 e. The zero-order valence-electron chi connectivity index (χ0n) is 21.4. The molecule has 0 saturated heterocycles. The summed E-state index contributed by atoms with van der Waals surface area (Å²) < 4.78 is 2.22. The van der Waals surface area contributed by atoms with Gasteiger partial charge in [0.1, 0.15) is 5.71 Å². The minimum Gasteiger partial charge on any atom is -0.372 e. The normalized spacial score (nSPS) is 14.4. The topological polar surface area (TPSA) is 62.9 Å². The molecule has 0 N–H and O–H groups in total. The van der Waals surface area contributed by atoms with E-state index in [1.54, 1.807) is 6.08 Å². The van der Waals surface area contributed by atoms with Crippen molar-refractivity contribution in [3.63, 3.8) is 0 Å². The van der Waals surface area contributed by atoms with Gasteiger partial charge in [0, 0.05) is 30.0 Å². The molecule has 2 aliphatic carbocycles. The Kier molecular flexibility index (Phi) is 6.14. The van der Waals surface area contributed by atoms with Crippen LogP contribution in [0.2, 0.25) is 0 Å². The molecule has 0 unspecified atom stereocenters. The lowest BCUT2D eigenvalue weighted by molar-refractivity contribution is -0.108. The van der Waals surface area contributed by atoms with Gasteiger partial charge < -0.3 is 9.47 Å². The molecule has 3 aliphatic rings. The molecule has 1 aliphatic heterocycles. The third-order valence-corrected chi connectivity index (χ3v) is 6.91. The first kappa shape index (κ1) is 23.6. The second kappa shape index (κ2) is 9.90. The van der Waals surface area contributed by atoms with E-state index in [0.29, 0.717) is 11.1 Å². The van der Waals surface area contributed by atoms with E-state index in [0.717, 1.165) is 58.0 Å². The average molecular weight is 498 g/mol. The van der Waals surface area contributed by atoms with Crippen LogP contribution in [-0.4, -0.2) is 34.1 Å². The molecule has 0 fully saturated rings. The Hall–Kier alpha value is -4.84.